The molecule has 0 atom stereocenters. The number of hydrogen-bond acceptors (Lipinski definition) is 2. The molecule has 0 N–H and O–H groups in total. The lowest BCUT2D eigenvalue weighted by Gasteiger charge is -2.35. The number of rotatable bonds is 1. The van der Waals surface area contributed by atoms with Gasteiger partial charge in [0, 0.05) is 47.8 Å². The van der Waals surface area contributed by atoms with E-state index in [-0.39, 0.29) is 10.6 Å². The third-order valence-electron chi connectivity index (χ3n) is 2.72. The Morgan fingerprint density at radius 2 is 1.69 bits per heavy atom. The minimum Gasteiger partial charge on any atom is -0.368 e. The summed E-state index contributed by atoms with van der Waals surface area (Å²) in [7, 11) is 0. The predicted molar refractivity (Wildman–Crippen MR) is 64.5 cm³/mol. The minimum absolute atomic E-state index is 0.0637. The third kappa shape index (κ3) is 2.52. The molecule has 1 saturated heterocycles. The Kier molecular flexibility index (Phi) is 3.43. The van der Waals surface area contributed by atoms with Crippen molar-refractivity contribution in [3.8, 4) is 0 Å². The smallest absolute Gasteiger partial charge is 0.289 e. The zero-order valence-corrected chi connectivity index (χ0v) is 10.3. The average Bonchev–Trinajstić information content (AvgIpc) is 2.30. The molecule has 0 bridgehead atoms. The second-order valence-electron chi connectivity index (χ2n) is 3.70. The highest BCUT2D eigenvalue weighted by Gasteiger charge is 2.19. The Balaban J connectivity index is 1.99. The van der Waals surface area contributed by atoms with Gasteiger partial charge in [-0.3, -0.25) is 4.79 Å². The maximum absolute atomic E-state index is 12.7. The van der Waals surface area contributed by atoms with Crippen molar-refractivity contribution in [2.24, 2.45) is 0 Å². The van der Waals surface area contributed by atoms with Crippen LogP contribution in [0.3, 0.4) is 0 Å². The van der Waals surface area contributed by atoms with Gasteiger partial charge in [-0.15, -0.1) is 0 Å². The maximum atomic E-state index is 12.7. The van der Waals surface area contributed by atoms with Crippen molar-refractivity contribution < 1.29 is 9.18 Å². The molecule has 0 aromatic heterocycles. The minimum atomic E-state index is -0.224. The number of hydrogen-bond donors (Lipinski definition) is 0. The fourth-order valence-corrected chi connectivity index (χ4v) is 2.15. The van der Waals surface area contributed by atoms with Gasteiger partial charge in [0.1, 0.15) is 5.82 Å². The number of nitrogens with zero attached hydrogens (tertiary/aromatic N) is 2. The highest BCUT2D eigenvalue weighted by atomic mass is 79.9. The quantitative estimate of drug-likeness (QED) is 0.585. The van der Waals surface area contributed by atoms with Gasteiger partial charge >= 0.3 is 0 Å². The summed E-state index contributed by atoms with van der Waals surface area (Å²) >= 11 is 2.94. The summed E-state index contributed by atoms with van der Waals surface area (Å²) < 4.78 is 12.7. The van der Waals surface area contributed by atoms with Gasteiger partial charge in [-0.05, 0) is 24.3 Å². The van der Waals surface area contributed by atoms with Crippen LogP contribution in [0.5, 0.6) is 0 Å². The van der Waals surface area contributed by atoms with E-state index in [1.54, 1.807) is 17.0 Å². The van der Waals surface area contributed by atoms with Crippen molar-refractivity contribution in [3.63, 3.8) is 0 Å². The molecule has 1 aliphatic heterocycles. The first kappa shape index (κ1) is 11.4. The predicted octanol–water partition coefficient (Wildman–Crippen LogP) is 2.46. The molecule has 0 spiro atoms. The highest BCUT2D eigenvalue weighted by molar-refractivity contribution is 9.18. The van der Waals surface area contributed by atoms with Crippen molar-refractivity contribution in [1.29, 1.82) is 0 Å². The number of carbonyl (C=O) groups excluding carboxylic acids is 1. The van der Waals surface area contributed by atoms with Crippen LogP contribution in [0, 0.1) is 5.82 Å². The van der Waals surface area contributed by atoms with Gasteiger partial charge in [0.05, 0.1) is 0 Å². The Bertz CT molecular complexity index is 374. The Morgan fingerprint density at radius 3 is 2.19 bits per heavy atom. The molecule has 3 nitrogen and oxygen atoms in total. The van der Waals surface area contributed by atoms with Crippen LogP contribution in [-0.2, 0) is 0 Å². The van der Waals surface area contributed by atoms with E-state index in [1.165, 1.54) is 12.1 Å². The first-order valence-electron chi connectivity index (χ1n) is 5.12. The van der Waals surface area contributed by atoms with Crippen molar-refractivity contribution in [1.82, 2.24) is 4.90 Å². The van der Waals surface area contributed by atoms with Crippen molar-refractivity contribution in [2.45, 2.75) is 0 Å². The lowest BCUT2D eigenvalue weighted by molar-refractivity contribution is 0.221. The molecule has 16 heavy (non-hydrogen) atoms. The third-order valence-corrected chi connectivity index (χ3v) is 3.22. The maximum Gasteiger partial charge on any atom is 0.289 e. The molecule has 1 fully saturated rings. The first-order valence-corrected chi connectivity index (χ1v) is 5.91. The molecule has 1 aromatic rings. The fraction of sp³-hybridized carbons (Fsp3) is 0.364. The van der Waals surface area contributed by atoms with Gasteiger partial charge in [-0.2, -0.15) is 0 Å². The molecule has 0 radical (unpaired) electrons. The van der Waals surface area contributed by atoms with Crippen LogP contribution in [0.15, 0.2) is 24.3 Å². The fourth-order valence-electron chi connectivity index (χ4n) is 1.79. The van der Waals surface area contributed by atoms with Crippen molar-refractivity contribution in [3.05, 3.63) is 30.1 Å². The monoisotopic (exact) mass is 286 g/mol. The summed E-state index contributed by atoms with van der Waals surface area (Å²) in [6, 6.07) is 6.44. The molecule has 0 saturated carbocycles. The van der Waals surface area contributed by atoms with Crippen LogP contribution in [0.2, 0.25) is 0 Å². The average molecular weight is 287 g/mol. The van der Waals surface area contributed by atoms with Crippen LogP contribution < -0.4 is 4.90 Å². The number of amides is 1. The Morgan fingerprint density at radius 1 is 1.12 bits per heavy atom. The molecule has 0 unspecified atom stereocenters. The molecule has 0 aliphatic carbocycles. The van der Waals surface area contributed by atoms with Gasteiger partial charge in [0.15, 0.2) is 0 Å². The summed E-state index contributed by atoms with van der Waals surface area (Å²) in [5, 5.41) is 0. The Hall–Kier alpha value is -1.10. The largest absolute Gasteiger partial charge is 0.368 e. The van der Waals surface area contributed by atoms with E-state index in [0.717, 1.165) is 18.8 Å². The van der Waals surface area contributed by atoms with Gasteiger partial charge in [-0.25, -0.2) is 4.39 Å². The van der Waals surface area contributed by atoms with Crippen LogP contribution in [0.1, 0.15) is 0 Å². The second-order valence-corrected chi connectivity index (χ2v) is 4.38. The molecular weight excluding hydrogens is 275 g/mol. The summed E-state index contributed by atoms with van der Waals surface area (Å²) in [6.45, 7) is 2.95. The zero-order valence-electron chi connectivity index (χ0n) is 8.70. The lowest BCUT2D eigenvalue weighted by Crippen LogP contribution is -2.47. The molecule has 1 heterocycles. The van der Waals surface area contributed by atoms with Gasteiger partial charge in [0.2, 0.25) is 0 Å². The highest BCUT2D eigenvalue weighted by Crippen LogP contribution is 2.17. The van der Waals surface area contributed by atoms with Gasteiger partial charge < -0.3 is 9.80 Å². The lowest BCUT2D eigenvalue weighted by atomic mass is 10.2. The van der Waals surface area contributed by atoms with E-state index in [0.29, 0.717) is 13.1 Å². The second kappa shape index (κ2) is 4.82. The van der Waals surface area contributed by atoms with Gasteiger partial charge in [-0.1, -0.05) is 0 Å². The van der Waals surface area contributed by atoms with Crippen molar-refractivity contribution in [2.75, 3.05) is 31.1 Å². The molecule has 5 heteroatoms. The van der Waals surface area contributed by atoms with E-state index in [1.807, 2.05) is 0 Å². The summed E-state index contributed by atoms with van der Waals surface area (Å²) in [5.74, 6) is -0.224. The van der Waals surface area contributed by atoms with E-state index in [9.17, 15) is 9.18 Å². The zero-order chi connectivity index (χ0) is 11.5. The topological polar surface area (TPSA) is 23.6 Å². The van der Waals surface area contributed by atoms with Crippen LogP contribution in [-0.4, -0.2) is 35.9 Å². The van der Waals surface area contributed by atoms with Crippen LogP contribution in [0.25, 0.3) is 0 Å². The van der Waals surface area contributed by atoms with E-state index in [2.05, 4.69) is 20.8 Å². The van der Waals surface area contributed by atoms with E-state index < -0.39 is 0 Å². The molecular formula is C11H12BrFN2O. The van der Waals surface area contributed by atoms with E-state index >= 15 is 0 Å². The summed E-state index contributed by atoms with van der Waals surface area (Å²) in [5.41, 5.74) is 1.00. The van der Waals surface area contributed by atoms with E-state index in [4.69, 9.17) is 0 Å². The summed E-state index contributed by atoms with van der Waals surface area (Å²) in [6.07, 6.45) is 0. The van der Waals surface area contributed by atoms with Gasteiger partial charge in [0.25, 0.3) is 4.82 Å². The Labute approximate surface area is 102 Å². The van der Waals surface area contributed by atoms with Crippen LogP contribution >= 0.6 is 15.9 Å². The SMILES string of the molecule is O=C(Br)N1CCN(c2ccc(F)cc2)CC1. The molecule has 2 rings (SSSR count). The molecule has 86 valence electrons. The summed E-state index contributed by atoms with van der Waals surface area (Å²) in [4.78, 5) is 14.9. The number of piperazine rings is 1. The molecule has 1 aromatic carbocycles. The molecule has 1 aliphatic rings. The number of halogens is 2. The molecule has 1 amide bonds. The number of benzene rings is 1. The normalized spacial score (nSPS) is 16.4. The standard InChI is InChI=1S/C11H12BrFN2O/c12-11(16)15-7-5-14(6-8-15)10-3-1-9(13)2-4-10/h1-4H,5-8H2. The van der Waals surface area contributed by atoms with Crippen LogP contribution in [0.4, 0.5) is 14.9 Å². The number of anilines is 1. The first-order chi connectivity index (χ1) is 7.66. The number of carbonyl (C=O) groups is 1. The van der Waals surface area contributed by atoms with Crippen molar-refractivity contribution >= 4 is 26.4 Å².